The number of aliphatic hydroxyl groups is 1. The Morgan fingerprint density at radius 2 is 2.10 bits per heavy atom. The highest BCUT2D eigenvalue weighted by Crippen LogP contribution is 2.31. The summed E-state index contributed by atoms with van der Waals surface area (Å²) in [6.45, 7) is 1.51. The number of nitrogens with one attached hydrogen (secondary N) is 1. The number of sulfonamides is 1. The lowest BCUT2D eigenvalue weighted by Gasteiger charge is -2.10. The first kappa shape index (κ1) is 15.7. The summed E-state index contributed by atoms with van der Waals surface area (Å²) in [5.41, 5.74) is 0.851. The Hall–Kier alpha value is -1.64. The van der Waals surface area contributed by atoms with Crippen LogP contribution in [0, 0.1) is 12.7 Å². The zero-order valence-corrected chi connectivity index (χ0v) is 13.0. The maximum Gasteiger partial charge on any atom is 0.271 e. The molecule has 0 saturated carbocycles. The minimum atomic E-state index is -3.82. The van der Waals surface area contributed by atoms with Crippen molar-refractivity contribution in [1.82, 2.24) is 0 Å². The predicted molar refractivity (Wildman–Crippen MR) is 78.7 cm³/mol. The van der Waals surface area contributed by atoms with Crippen molar-refractivity contribution in [3.63, 3.8) is 0 Å². The van der Waals surface area contributed by atoms with E-state index in [1.54, 1.807) is 6.92 Å². The van der Waals surface area contributed by atoms with Crippen molar-refractivity contribution in [2.24, 2.45) is 0 Å². The molecule has 5 nitrogen and oxygen atoms in total. The van der Waals surface area contributed by atoms with Gasteiger partial charge in [-0.1, -0.05) is 0 Å². The molecule has 2 N–H and O–H groups in total. The number of methoxy groups -OCH3 is 1. The molecule has 0 unspecified atom stereocenters. The van der Waals surface area contributed by atoms with Crippen molar-refractivity contribution in [1.29, 1.82) is 0 Å². The van der Waals surface area contributed by atoms with Crippen LogP contribution in [0.3, 0.4) is 0 Å². The molecular formula is C13H14FNO4S2. The molecule has 1 aromatic carbocycles. The van der Waals surface area contributed by atoms with E-state index in [9.17, 15) is 12.8 Å². The van der Waals surface area contributed by atoms with E-state index in [0.29, 0.717) is 10.4 Å². The Kier molecular flexibility index (Phi) is 4.50. The Bertz CT molecular complexity index is 756. The van der Waals surface area contributed by atoms with Crippen molar-refractivity contribution in [3.8, 4) is 5.75 Å². The molecule has 0 aliphatic carbocycles. The molecule has 8 heteroatoms. The Balaban J connectivity index is 2.37. The zero-order valence-electron chi connectivity index (χ0n) is 11.4. The number of thiophene rings is 1. The summed E-state index contributed by atoms with van der Waals surface area (Å²) in [6, 6.07) is 5.00. The number of anilines is 1. The summed E-state index contributed by atoms with van der Waals surface area (Å²) in [6.07, 6.45) is 0. The number of hydrogen-bond donors (Lipinski definition) is 2. The molecule has 0 saturated heterocycles. The number of halogens is 1. The normalized spacial score (nSPS) is 11.4. The third-order valence-corrected chi connectivity index (χ3v) is 5.88. The quantitative estimate of drug-likeness (QED) is 0.883. The molecule has 0 aliphatic heterocycles. The number of aryl methyl sites for hydroxylation is 1. The first-order chi connectivity index (χ1) is 9.87. The monoisotopic (exact) mass is 331 g/mol. The summed E-state index contributed by atoms with van der Waals surface area (Å²) < 4.78 is 45.1. The molecule has 1 aromatic heterocycles. The number of hydrogen-bond acceptors (Lipinski definition) is 5. The van der Waals surface area contributed by atoms with Gasteiger partial charge in [-0.2, -0.15) is 0 Å². The minimum Gasteiger partial charge on any atom is -0.494 e. The topological polar surface area (TPSA) is 75.6 Å². The first-order valence-electron chi connectivity index (χ1n) is 5.94. The fraction of sp³-hybridized carbons (Fsp3) is 0.231. The lowest BCUT2D eigenvalue weighted by Crippen LogP contribution is -2.12. The predicted octanol–water partition coefficient (Wildman–Crippen LogP) is 2.50. The van der Waals surface area contributed by atoms with Crippen LogP contribution < -0.4 is 9.46 Å². The molecular weight excluding hydrogens is 317 g/mol. The molecule has 0 amide bonds. The third kappa shape index (κ3) is 3.34. The van der Waals surface area contributed by atoms with Gasteiger partial charge in [0.2, 0.25) is 0 Å². The van der Waals surface area contributed by atoms with Crippen LogP contribution in [-0.2, 0) is 16.6 Å². The summed E-state index contributed by atoms with van der Waals surface area (Å²) in [4.78, 5) is 0.585. The fourth-order valence-electron chi connectivity index (χ4n) is 1.72. The second kappa shape index (κ2) is 6.00. The molecule has 0 atom stereocenters. The van der Waals surface area contributed by atoms with E-state index in [-0.39, 0.29) is 22.3 Å². The first-order valence-corrected chi connectivity index (χ1v) is 8.24. The van der Waals surface area contributed by atoms with Crippen molar-refractivity contribution < 1.29 is 22.7 Å². The smallest absolute Gasteiger partial charge is 0.271 e. The molecule has 2 rings (SSSR count). The lowest BCUT2D eigenvalue weighted by molar-refractivity contribution is 0.285. The van der Waals surface area contributed by atoms with Crippen LogP contribution in [0.2, 0.25) is 0 Å². The number of rotatable bonds is 5. The van der Waals surface area contributed by atoms with Gasteiger partial charge in [0, 0.05) is 10.9 Å². The summed E-state index contributed by atoms with van der Waals surface area (Å²) in [7, 11) is -2.49. The highest BCUT2D eigenvalue weighted by atomic mass is 32.2. The molecule has 0 spiro atoms. The van der Waals surface area contributed by atoms with Gasteiger partial charge in [-0.25, -0.2) is 12.8 Å². The third-order valence-electron chi connectivity index (χ3n) is 2.81. The highest BCUT2D eigenvalue weighted by Gasteiger charge is 2.20. The fourth-order valence-corrected chi connectivity index (χ4v) is 4.24. The van der Waals surface area contributed by atoms with Gasteiger partial charge in [-0.15, -0.1) is 11.3 Å². The van der Waals surface area contributed by atoms with Gasteiger partial charge in [0.05, 0.1) is 19.4 Å². The zero-order chi connectivity index (χ0) is 15.6. The summed E-state index contributed by atoms with van der Waals surface area (Å²) in [5, 5.41) is 9.13. The largest absolute Gasteiger partial charge is 0.494 e. The van der Waals surface area contributed by atoms with E-state index in [1.807, 2.05) is 0 Å². The van der Waals surface area contributed by atoms with E-state index < -0.39 is 15.8 Å². The van der Waals surface area contributed by atoms with Crippen LogP contribution in [0.1, 0.15) is 10.4 Å². The van der Waals surface area contributed by atoms with E-state index >= 15 is 0 Å². The molecule has 0 aliphatic rings. The Labute approximate surface area is 126 Å². The Morgan fingerprint density at radius 1 is 1.38 bits per heavy atom. The van der Waals surface area contributed by atoms with E-state index in [2.05, 4.69) is 4.72 Å². The van der Waals surface area contributed by atoms with E-state index in [0.717, 1.165) is 23.5 Å². The van der Waals surface area contributed by atoms with Gasteiger partial charge in [0.1, 0.15) is 15.8 Å². The molecule has 114 valence electrons. The van der Waals surface area contributed by atoms with Crippen LogP contribution in [-0.4, -0.2) is 20.6 Å². The van der Waals surface area contributed by atoms with Crippen LogP contribution in [0.5, 0.6) is 5.75 Å². The SMILES string of the molecule is COc1cc(F)ccc1NS(=O)(=O)c1cc(C)c(CO)s1. The van der Waals surface area contributed by atoms with Crippen LogP contribution >= 0.6 is 11.3 Å². The highest BCUT2D eigenvalue weighted by molar-refractivity contribution is 7.94. The average Bonchev–Trinajstić information content (AvgIpc) is 2.82. The number of aliphatic hydroxyl groups excluding tert-OH is 1. The van der Waals surface area contributed by atoms with Crippen LogP contribution in [0.25, 0.3) is 0 Å². The molecule has 2 aromatic rings. The van der Waals surface area contributed by atoms with Crippen molar-refractivity contribution in [2.45, 2.75) is 17.7 Å². The van der Waals surface area contributed by atoms with Gasteiger partial charge in [0.25, 0.3) is 10.0 Å². The lowest BCUT2D eigenvalue weighted by atomic mass is 10.3. The van der Waals surface area contributed by atoms with E-state index in [4.69, 9.17) is 9.84 Å². The van der Waals surface area contributed by atoms with Gasteiger partial charge in [0.15, 0.2) is 0 Å². The maximum atomic E-state index is 13.1. The van der Waals surface area contributed by atoms with Gasteiger partial charge >= 0.3 is 0 Å². The second-order valence-electron chi connectivity index (χ2n) is 4.28. The molecule has 1 heterocycles. The van der Waals surface area contributed by atoms with Crippen LogP contribution in [0.15, 0.2) is 28.5 Å². The second-order valence-corrected chi connectivity index (χ2v) is 7.33. The van der Waals surface area contributed by atoms with Crippen molar-refractivity contribution in [2.75, 3.05) is 11.8 Å². The molecule has 0 fully saturated rings. The minimum absolute atomic E-state index is 0.0791. The Morgan fingerprint density at radius 3 is 2.67 bits per heavy atom. The molecule has 21 heavy (non-hydrogen) atoms. The van der Waals surface area contributed by atoms with Gasteiger partial charge in [-0.3, -0.25) is 4.72 Å². The molecule has 0 radical (unpaired) electrons. The standard InChI is InChI=1S/C13H14FNO4S2/c1-8-5-13(20-12(8)7-16)21(17,18)15-10-4-3-9(14)6-11(10)19-2/h3-6,15-16H,7H2,1-2H3. The van der Waals surface area contributed by atoms with Crippen molar-refractivity contribution >= 4 is 27.0 Å². The van der Waals surface area contributed by atoms with E-state index in [1.165, 1.54) is 19.2 Å². The maximum absolute atomic E-state index is 13.1. The van der Waals surface area contributed by atoms with Crippen LogP contribution in [0.4, 0.5) is 10.1 Å². The number of benzene rings is 1. The summed E-state index contributed by atoms with van der Waals surface area (Å²) in [5.74, 6) is -0.432. The van der Waals surface area contributed by atoms with Crippen molar-refractivity contribution in [3.05, 3.63) is 40.5 Å². The van der Waals surface area contributed by atoms with Gasteiger partial charge in [-0.05, 0) is 30.7 Å². The van der Waals surface area contributed by atoms with Gasteiger partial charge < -0.3 is 9.84 Å². The summed E-state index contributed by atoms with van der Waals surface area (Å²) >= 11 is 0.987. The average molecular weight is 331 g/mol. The number of ether oxygens (including phenoxy) is 1. The molecule has 0 bridgehead atoms.